The summed E-state index contributed by atoms with van der Waals surface area (Å²) in [6.45, 7) is 0. The Morgan fingerprint density at radius 1 is 1.56 bits per heavy atom. The van der Waals surface area contributed by atoms with Crippen LogP contribution in [0.25, 0.3) is 10.2 Å². The Morgan fingerprint density at radius 3 is 3.22 bits per heavy atom. The largest absolute Gasteiger partial charge is 0.280 e. The van der Waals surface area contributed by atoms with Crippen LogP contribution in [-0.4, -0.2) is 8.75 Å². The second kappa shape index (κ2) is 3.15. The second-order valence-electron chi connectivity index (χ2n) is 1.33. The van der Waals surface area contributed by atoms with Crippen LogP contribution in [-0.2, 0) is 32.7 Å². The predicted octanol–water partition coefficient (Wildman–Crippen LogP) is 1.55. The fraction of sp³-hybridized carbons (Fsp3) is 0. The van der Waals surface area contributed by atoms with E-state index >= 15 is 0 Å². The number of rotatable bonds is 0. The van der Waals surface area contributed by atoms with Crippen LogP contribution in [0.1, 0.15) is 0 Å². The smallest absolute Gasteiger partial charge is 0.0431 e. The molecule has 2 heterocycles. The molecule has 0 unspecified atom stereocenters. The molecule has 0 fully saturated rings. The van der Waals surface area contributed by atoms with Crippen LogP contribution in [0.5, 0.6) is 0 Å². The van der Waals surface area contributed by atoms with Crippen molar-refractivity contribution in [2.24, 2.45) is 0 Å². The molecule has 0 N–H and O–H groups in total. The first kappa shape index (κ1) is 7.73. The maximum Gasteiger partial charge on any atom is 0.0431 e. The monoisotopic (exact) mass is 230 g/mol. The third-order valence-electron chi connectivity index (χ3n) is 0.835. The molecule has 2 nitrogen and oxygen atoms in total. The minimum absolute atomic E-state index is 0. The van der Waals surface area contributed by atoms with Crippen molar-refractivity contribution in [3.63, 3.8) is 0 Å². The summed E-state index contributed by atoms with van der Waals surface area (Å²) in [7, 11) is 0. The molecule has 0 atom stereocenters. The van der Waals surface area contributed by atoms with E-state index in [-0.39, 0.29) is 32.7 Å². The van der Waals surface area contributed by atoms with Crippen LogP contribution in [0.15, 0.2) is 5.38 Å². The van der Waals surface area contributed by atoms with Crippen LogP contribution in [0.2, 0.25) is 0 Å². The van der Waals surface area contributed by atoms with Crippen molar-refractivity contribution >= 4 is 33.3 Å². The molecule has 2 rings (SSSR count). The van der Waals surface area contributed by atoms with Crippen molar-refractivity contribution in [2.75, 3.05) is 0 Å². The van der Waals surface area contributed by atoms with Crippen molar-refractivity contribution in [3.8, 4) is 0 Å². The zero-order chi connectivity index (χ0) is 5.40. The molecule has 2 aromatic heterocycles. The number of fused-ring (bicyclic) bond motifs is 1. The van der Waals surface area contributed by atoms with Gasteiger partial charge in [0.1, 0.15) is 0 Å². The minimum atomic E-state index is 0. The van der Waals surface area contributed by atoms with Crippen molar-refractivity contribution in [2.45, 2.75) is 0 Å². The zero-order valence-electron chi connectivity index (χ0n) is 4.37. The van der Waals surface area contributed by atoms with Gasteiger partial charge >= 0.3 is 0 Å². The van der Waals surface area contributed by atoms with Crippen molar-refractivity contribution in [1.82, 2.24) is 8.75 Å². The molecule has 5 heteroatoms. The molecule has 2 aromatic rings. The van der Waals surface area contributed by atoms with Crippen LogP contribution in [0, 0.1) is 6.20 Å². The van der Waals surface area contributed by atoms with E-state index in [4.69, 9.17) is 0 Å². The van der Waals surface area contributed by atoms with Gasteiger partial charge in [0, 0.05) is 37.5 Å². The molecule has 0 bridgehead atoms. The van der Waals surface area contributed by atoms with E-state index in [1.165, 1.54) is 23.1 Å². The van der Waals surface area contributed by atoms with Crippen molar-refractivity contribution in [3.05, 3.63) is 11.6 Å². The van der Waals surface area contributed by atoms with Crippen LogP contribution in [0.4, 0.5) is 0 Å². The number of hydrogen-bond donors (Lipinski definition) is 0. The molecule has 0 spiro atoms. The first-order valence-electron chi connectivity index (χ1n) is 2.04. The van der Waals surface area contributed by atoms with E-state index in [0.29, 0.717) is 0 Å². The summed E-state index contributed by atoms with van der Waals surface area (Å²) >= 11 is 2.84. The Labute approximate surface area is 85.5 Å². The number of hydrogen-bond acceptors (Lipinski definition) is 4. The summed E-state index contributed by atoms with van der Waals surface area (Å²) in [5.41, 5.74) is 0. The molecule has 0 saturated carbocycles. The number of aromatic nitrogens is 2. The van der Waals surface area contributed by atoms with Crippen LogP contribution < -0.4 is 0 Å². The normalized spacial score (nSPS) is 9.33. The zero-order valence-corrected chi connectivity index (χ0v) is 8.84. The van der Waals surface area contributed by atoms with Crippen LogP contribution in [0.3, 0.4) is 0 Å². The summed E-state index contributed by atoms with van der Waals surface area (Å²) in [5.74, 6) is 0. The van der Waals surface area contributed by atoms with Crippen molar-refractivity contribution in [1.29, 1.82) is 0 Å². The molecular weight excluding hydrogens is 229 g/mol. The Bertz CT molecular complexity index is 238. The molecule has 43 valence electrons. The van der Waals surface area contributed by atoms with Crippen molar-refractivity contribution < 1.29 is 32.7 Å². The Kier molecular flexibility index (Phi) is 2.70. The molecule has 0 aromatic carbocycles. The fourth-order valence-electron chi connectivity index (χ4n) is 0.482. The van der Waals surface area contributed by atoms with E-state index in [1.807, 2.05) is 5.38 Å². The van der Waals surface area contributed by atoms with Gasteiger partial charge in [-0.05, 0) is 0 Å². The van der Waals surface area contributed by atoms with Gasteiger partial charge in [-0.1, -0.05) is 11.6 Å². The predicted molar refractivity (Wildman–Crippen MR) is 34.1 cm³/mol. The Balaban J connectivity index is 0.000000405. The second-order valence-corrected chi connectivity index (χ2v) is 2.71. The SMILES string of the molecule is [Y].[c-]1nsc2nscc12. The molecule has 0 aliphatic carbocycles. The third kappa shape index (κ3) is 1.37. The van der Waals surface area contributed by atoms with Gasteiger partial charge in [0.15, 0.2) is 0 Å². The molecule has 1 radical (unpaired) electrons. The molecular formula is C4HN2S2Y-. The van der Waals surface area contributed by atoms with E-state index in [2.05, 4.69) is 14.9 Å². The van der Waals surface area contributed by atoms with E-state index in [0.717, 1.165) is 10.2 Å². The summed E-state index contributed by atoms with van der Waals surface area (Å²) in [5, 5.41) is 2.98. The summed E-state index contributed by atoms with van der Waals surface area (Å²) < 4.78 is 7.87. The van der Waals surface area contributed by atoms with Gasteiger partial charge in [0.2, 0.25) is 0 Å². The first-order valence-corrected chi connectivity index (χ1v) is 3.65. The third-order valence-corrected chi connectivity index (χ3v) is 2.25. The summed E-state index contributed by atoms with van der Waals surface area (Å²) in [6.07, 6.45) is 2.82. The quantitative estimate of drug-likeness (QED) is 0.641. The fourth-order valence-corrected chi connectivity index (χ4v) is 1.77. The average molecular weight is 230 g/mol. The Hall–Kier alpha value is 0.624. The maximum atomic E-state index is 4.05. The molecule has 0 aliphatic heterocycles. The number of nitrogens with zero attached hydrogens (tertiary/aromatic N) is 2. The van der Waals surface area contributed by atoms with E-state index in [1.54, 1.807) is 0 Å². The van der Waals surface area contributed by atoms with Gasteiger partial charge in [0.25, 0.3) is 0 Å². The average Bonchev–Trinajstić information content (AvgIpc) is 2.15. The van der Waals surface area contributed by atoms with Gasteiger partial charge in [-0.3, -0.25) is 8.75 Å². The molecule has 0 amide bonds. The van der Waals surface area contributed by atoms with E-state index in [9.17, 15) is 0 Å². The van der Waals surface area contributed by atoms with Crippen LogP contribution >= 0.6 is 23.1 Å². The summed E-state index contributed by atoms with van der Waals surface area (Å²) in [4.78, 5) is 0.995. The maximum absolute atomic E-state index is 4.05. The molecule has 9 heavy (non-hydrogen) atoms. The topological polar surface area (TPSA) is 25.8 Å². The standard InChI is InChI=1S/C4HN2S2.Y/c1-3-2-7-6-4(3)8-5-1;/h2H;/q-1;. The van der Waals surface area contributed by atoms with Gasteiger partial charge < -0.3 is 0 Å². The first-order chi connectivity index (χ1) is 3.97. The summed E-state index contributed by atoms with van der Waals surface area (Å²) in [6, 6.07) is 0. The van der Waals surface area contributed by atoms with Gasteiger partial charge in [-0.25, -0.2) is 0 Å². The van der Waals surface area contributed by atoms with E-state index < -0.39 is 0 Å². The minimum Gasteiger partial charge on any atom is -0.280 e. The molecule has 0 saturated heterocycles. The van der Waals surface area contributed by atoms with Gasteiger partial charge in [0.05, 0.1) is 0 Å². The van der Waals surface area contributed by atoms with Gasteiger partial charge in [-0.2, -0.15) is 0 Å². The Morgan fingerprint density at radius 2 is 2.44 bits per heavy atom. The van der Waals surface area contributed by atoms with Gasteiger partial charge in [-0.15, -0.1) is 28.5 Å². The molecule has 0 aliphatic rings.